The van der Waals surface area contributed by atoms with Gasteiger partial charge in [-0.25, -0.2) is 0 Å². The van der Waals surface area contributed by atoms with Gasteiger partial charge in [0.2, 0.25) is 11.8 Å². The quantitative estimate of drug-likeness (QED) is 0.0584. The molecule has 6 rings (SSSR count). The highest BCUT2D eigenvalue weighted by molar-refractivity contribution is 6.99. The van der Waals surface area contributed by atoms with Gasteiger partial charge >= 0.3 is 7.12 Å². The van der Waals surface area contributed by atoms with Gasteiger partial charge in [-0.1, -0.05) is 119 Å². The molecule has 0 radical (unpaired) electrons. The van der Waals surface area contributed by atoms with Crippen molar-refractivity contribution in [2.75, 3.05) is 18.1 Å². The minimum atomic E-state index is -3.10. The van der Waals surface area contributed by atoms with Crippen molar-refractivity contribution < 1.29 is 39.4 Å². The molecule has 1 heterocycles. The summed E-state index contributed by atoms with van der Waals surface area (Å²) in [6.45, 7) is 12.0. The molecule has 2 amide bonds. The number of aliphatic hydroxyl groups excluding tert-OH is 2. The van der Waals surface area contributed by atoms with Gasteiger partial charge in [0.25, 0.3) is 8.32 Å². The molecule has 0 bridgehead atoms. The zero-order chi connectivity index (χ0) is 42.6. The predicted molar refractivity (Wildman–Crippen MR) is 237 cm³/mol. The van der Waals surface area contributed by atoms with Crippen LogP contribution in [-0.2, 0) is 14.0 Å². The lowest BCUT2D eigenvalue weighted by Gasteiger charge is -2.44. The Hall–Kier alpha value is -4.62. The van der Waals surface area contributed by atoms with E-state index in [1.807, 2.05) is 62.4 Å². The Kier molecular flexibility index (Phi) is 13.7. The highest BCUT2D eigenvalue weighted by Crippen LogP contribution is 2.48. The largest absolute Gasteiger partial charge is 0.507 e. The van der Waals surface area contributed by atoms with Crippen molar-refractivity contribution in [1.29, 1.82) is 0 Å². The number of aromatic hydroxyl groups is 1. The van der Waals surface area contributed by atoms with E-state index < -0.39 is 57.7 Å². The van der Waals surface area contributed by atoms with Gasteiger partial charge in [-0.2, -0.15) is 0 Å². The average Bonchev–Trinajstić information content (AvgIpc) is 3.46. The maximum Gasteiger partial charge on any atom is 0.488 e. The lowest BCUT2D eigenvalue weighted by atomic mass is 9.68. The number of anilines is 1. The van der Waals surface area contributed by atoms with Crippen LogP contribution in [0.25, 0.3) is 6.08 Å². The second-order valence-corrected chi connectivity index (χ2v) is 21.5. The van der Waals surface area contributed by atoms with Crippen LogP contribution >= 0.6 is 0 Å². The maximum absolute atomic E-state index is 14.4. The van der Waals surface area contributed by atoms with E-state index in [1.54, 1.807) is 12.1 Å². The molecule has 310 valence electrons. The lowest BCUT2D eigenvalue weighted by Crippen LogP contribution is -2.66. The first kappa shape index (κ1) is 43.9. The number of carbonyl (C=O) groups excluding carboxylic acids is 2. The molecule has 1 fully saturated rings. The van der Waals surface area contributed by atoms with E-state index in [0.717, 1.165) is 50.4 Å². The van der Waals surface area contributed by atoms with E-state index >= 15 is 0 Å². The van der Waals surface area contributed by atoms with E-state index in [1.165, 1.54) is 12.1 Å². The molecule has 0 unspecified atom stereocenters. The zero-order valence-corrected chi connectivity index (χ0v) is 36.1. The predicted octanol–water partition coefficient (Wildman–Crippen LogP) is 5.70. The third-order valence-electron chi connectivity index (χ3n) is 12.2. The summed E-state index contributed by atoms with van der Waals surface area (Å²) in [5.74, 6) is -3.29. The van der Waals surface area contributed by atoms with Gasteiger partial charge in [0.1, 0.15) is 5.75 Å². The first-order valence-electron chi connectivity index (χ1n) is 20.7. The summed E-state index contributed by atoms with van der Waals surface area (Å²) in [5.41, 5.74) is 5.28. The third kappa shape index (κ3) is 8.82. The number of carbonyl (C=O) groups is 2. The molecule has 1 saturated heterocycles. The maximum atomic E-state index is 14.4. The lowest BCUT2D eigenvalue weighted by molar-refractivity contribution is -0.123. The average molecular weight is 816 g/mol. The van der Waals surface area contributed by atoms with E-state index in [4.69, 9.17) is 4.43 Å². The highest BCUT2D eigenvalue weighted by Gasteiger charge is 2.56. The summed E-state index contributed by atoms with van der Waals surface area (Å²) in [7, 11) is -4.89. The number of imide groups is 1. The second kappa shape index (κ2) is 18.3. The molecule has 0 saturated carbocycles. The topological polar surface area (TPSA) is 148 Å². The Labute approximate surface area is 350 Å². The summed E-state index contributed by atoms with van der Waals surface area (Å²) in [4.78, 5) is 29.9. The first-order valence-corrected chi connectivity index (χ1v) is 22.6. The normalized spacial score (nSPS) is 19.3. The Morgan fingerprint density at radius 3 is 2.05 bits per heavy atom. The van der Waals surface area contributed by atoms with Crippen molar-refractivity contribution in [1.82, 2.24) is 0 Å². The fraction of sp³-hybridized carbons (Fsp3) is 0.375. The molecule has 1 aliphatic carbocycles. The van der Waals surface area contributed by atoms with Crippen LogP contribution in [0.2, 0.25) is 5.04 Å². The van der Waals surface area contributed by atoms with E-state index in [2.05, 4.69) is 58.0 Å². The van der Waals surface area contributed by atoms with Gasteiger partial charge in [0, 0.05) is 5.92 Å². The molecule has 2 aliphatic rings. The number of phenols is 1. The molecule has 0 aromatic heterocycles. The van der Waals surface area contributed by atoms with Gasteiger partial charge in [0.15, 0.2) is 0 Å². The van der Waals surface area contributed by atoms with Crippen LogP contribution in [0, 0.1) is 31.6 Å². The number of allylic oxidation sites excluding steroid dienone is 1. The number of benzene rings is 4. The van der Waals surface area contributed by atoms with Crippen molar-refractivity contribution in [2.24, 2.45) is 17.8 Å². The molecular formula is C48H58BNO8Si. The molecule has 1 aliphatic heterocycles. The highest BCUT2D eigenvalue weighted by atomic mass is 28.4. The number of aliphatic hydroxyl groups is 2. The monoisotopic (exact) mass is 815 g/mol. The number of phenolic OH excluding ortho intramolecular Hbond substituents is 1. The van der Waals surface area contributed by atoms with Crippen LogP contribution in [-0.4, -0.2) is 71.9 Å². The summed E-state index contributed by atoms with van der Waals surface area (Å²) < 4.78 is 7.41. The van der Waals surface area contributed by atoms with E-state index in [9.17, 15) is 35.0 Å². The Bertz CT molecular complexity index is 2140. The summed E-state index contributed by atoms with van der Waals surface area (Å²) >= 11 is 0. The van der Waals surface area contributed by atoms with Crippen LogP contribution in [0.15, 0.2) is 114 Å². The SMILES string of the molecule is CCC/C(=C\c1cc(C)c(O)c(C)c1)CC[C@@H](O)C1=C(CO[Si](c2ccccc2)(c2ccccc2)C(C)(C)C)C[C@H]2C(=O)N(c3cccc(B(O)O)c3)C(=O)[C@H]2[C@H]1CO. The van der Waals surface area contributed by atoms with Crippen molar-refractivity contribution in [3.05, 3.63) is 130 Å². The fourth-order valence-corrected chi connectivity index (χ4v) is 14.1. The van der Waals surface area contributed by atoms with Gasteiger partial charge in [-0.15, -0.1) is 0 Å². The first-order chi connectivity index (χ1) is 28.1. The van der Waals surface area contributed by atoms with Crippen LogP contribution in [0.3, 0.4) is 0 Å². The van der Waals surface area contributed by atoms with Crippen molar-refractivity contribution in [3.8, 4) is 5.75 Å². The molecule has 4 aromatic carbocycles. The van der Waals surface area contributed by atoms with Crippen molar-refractivity contribution in [3.63, 3.8) is 0 Å². The summed E-state index contributed by atoms with van der Waals surface area (Å²) in [6.07, 6.45) is 3.76. The Morgan fingerprint density at radius 2 is 1.51 bits per heavy atom. The summed E-state index contributed by atoms with van der Waals surface area (Å²) in [6, 6.07) is 30.4. The smallest absolute Gasteiger partial charge is 0.488 e. The summed E-state index contributed by atoms with van der Waals surface area (Å²) in [5, 5.41) is 55.6. The van der Waals surface area contributed by atoms with Gasteiger partial charge < -0.3 is 29.8 Å². The minimum Gasteiger partial charge on any atom is -0.507 e. The van der Waals surface area contributed by atoms with E-state index in [0.29, 0.717) is 24.0 Å². The molecule has 4 atom stereocenters. The number of amides is 2. The molecule has 11 heteroatoms. The zero-order valence-electron chi connectivity index (χ0n) is 35.1. The molecule has 59 heavy (non-hydrogen) atoms. The van der Waals surface area contributed by atoms with Gasteiger partial charge in [-0.05, 0) is 113 Å². The van der Waals surface area contributed by atoms with Crippen molar-refractivity contribution >= 4 is 54.8 Å². The second-order valence-electron chi connectivity index (χ2n) is 17.2. The third-order valence-corrected chi connectivity index (χ3v) is 17.2. The number of nitrogens with zero attached hydrogens (tertiary/aromatic N) is 1. The number of hydrogen-bond acceptors (Lipinski definition) is 8. The minimum absolute atomic E-state index is 0.0801. The van der Waals surface area contributed by atoms with Gasteiger partial charge in [-0.3, -0.25) is 14.5 Å². The number of rotatable bonds is 15. The Morgan fingerprint density at radius 1 is 0.898 bits per heavy atom. The molecule has 4 aromatic rings. The van der Waals surface area contributed by atoms with Gasteiger partial charge in [0.05, 0.1) is 36.8 Å². The molecule has 0 spiro atoms. The Balaban J connectivity index is 1.43. The molecular weight excluding hydrogens is 757 g/mol. The number of hydrogen-bond donors (Lipinski definition) is 5. The van der Waals surface area contributed by atoms with Crippen molar-refractivity contribution in [2.45, 2.75) is 84.8 Å². The number of aryl methyl sites for hydroxylation is 2. The molecule has 5 N–H and O–H groups in total. The van der Waals surface area contributed by atoms with Crippen LogP contribution in [0.4, 0.5) is 5.69 Å². The van der Waals surface area contributed by atoms with E-state index in [-0.39, 0.29) is 35.0 Å². The fourth-order valence-electron chi connectivity index (χ4n) is 9.50. The number of fused-ring (bicyclic) bond motifs is 1. The van der Waals surface area contributed by atoms with Crippen LogP contribution < -0.4 is 20.7 Å². The van der Waals surface area contributed by atoms with Crippen LogP contribution in [0.5, 0.6) is 5.75 Å². The standard InChI is InChI=1S/C48H58BNO8Si/c1-7-15-33(26-34-24-31(2)45(53)32(3)25-34)22-23-42(52)43-35(30-58-59(48(4,5)6,38-18-10-8-11-19-38)39-20-12-9-13-21-39)27-40-44(41(43)29-51)47(55)50(46(40)54)37-17-14-16-36(28-37)49(56)57/h8-14,16-21,24-26,28,40-42,44,51-53,56-57H,7,15,22-23,27,29-30H2,1-6H3/b33-26+/t40-,41+,42-,44-/m1/s1. The van der Waals surface area contributed by atoms with Crippen LogP contribution in [0.1, 0.15) is 76.5 Å². The molecule has 9 nitrogen and oxygen atoms in total.